The summed E-state index contributed by atoms with van der Waals surface area (Å²) in [5.41, 5.74) is 7.50. The fraction of sp³-hybridized carbons (Fsp3) is 0.333. The Kier molecular flexibility index (Phi) is 8.13. The Labute approximate surface area is 212 Å². The van der Waals surface area contributed by atoms with Gasteiger partial charge in [0, 0.05) is 17.1 Å². The smallest absolute Gasteiger partial charge is 0.119 e. The Balaban J connectivity index is 1.50. The highest BCUT2D eigenvalue weighted by atomic mass is 16.5. The van der Waals surface area contributed by atoms with Gasteiger partial charge in [-0.3, -0.25) is 0 Å². The molecule has 0 N–H and O–H groups in total. The molecule has 3 aromatic carbocycles. The van der Waals surface area contributed by atoms with E-state index in [1.165, 1.54) is 29.6 Å². The van der Waals surface area contributed by atoms with E-state index in [2.05, 4.69) is 131 Å². The van der Waals surface area contributed by atoms with Crippen LogP contribution in [0.1, 0.15) is 46.1 Å². The van der Waals surface area contributed by atoms with Crippen LogP contribution < -0.4 is 9.64 Å². The van der Waals surface area contributed by atoms with Crippen molar-refractivity contribution in [3.8, 4) is 5.75 Å². The number of ether oxygens (including phenoxy) is 1. The molecule has 1 aliphatic carbocycles. The molecule has 0 radical (unpaired) electrons. The Morgan fingerprint density at radius 3 is 2.09 bits per heavy atom. The second-order valence-electron chi connectivity index (χ2n) is 10.5. The molecule has 0 aliphatic heterocycles. The molecule has 3 atom stereocenters. The fourth-order valence-electron chi connectivity index (χ4n) is 5.32. The summed E-state index contributed by atoms with van der Waals surface area (Å²) in [6, 6.07) is 27.7. The molecule has 0 aromatic heterocycles. The molecule has 2 heteroatoms. The number of nitrogens with zero attached hydrogens (tertiary/aromatic N) is 1. The molecule has 2 nitrogen and oxygen atoms in total. The molecule has 0 spiro atoms. The maximum Gasteiger partial charge on any atom is 0.119 e. The van der Waals surface area contributed by atoms with Gasteiger partial charge in [0.05, 0.1) is 6.61 Å². The number of aryl methyl sites for hydroxylation is 1. The molecule has 1 aliphatic rings. The maximum absolute atomic E-state index is 6.35. The lowest BCUT2D eigenvalue weighted by Crippen LogP contribution is -2.15. The van der Waals surface area contributed by atoms with E-state index in [4.69, 9.17) is 4.74 Å². The number of hydrogen-bond acceptors (Lipinski definition) is 2. The van der Waals surface area contributed by atoms with Gasteiger partial charge in [-0.25, -0.2) is 0 Å². The van der Waals surface area contributed by atoms with Crippen LogP contribution in [0, 0.1) is 24.7 Å². The van der Waals surface area contributed by atoms with Crippen molar-refractivity contribution in [1.82, 2.24) is 0 Å². The first-order valence-corrected chi connectivity index (χ1v) is 12.8. The summed E-state index contributed by atoms with van der Waals surface area (Å²) in [6.45, 7) is 11.7. The van der Waals surface area contributed by atoms with Crippen molar-refractivity contribution >= 4 is 17.1 Å². The van der Waals surface area contributed by atoms with Crippen LogP contribution in [-0.2, 0) is 0 Å². The third-order valence-corrected chi connectivity index (χ3v) is 6.74. The standard InChI is InChI=1S/C33H39NO/c1-24(2)18-27-21-28(19-25(3)4)29(22-27)23-35-33-16-14-31(15-17-33)34(30-11-7-6-8-12-30)32-13-9-10-26(5)20-32/h6-20,27-29H,21-23H2,1-5H3. The normalized spacial score (nSPS) is 19.2. The zero-order valence-electron chi connectivity index (χ0n) is 21.9. The summed E-state index contributed by atoms with van der Waals surface area (Å²) in [4.78, 5) is 2.29. The van der Waals surface area contributed by atoms with E-state index in [1.807, 2.05) is 0 Å². The van der Waals surface area contributed by atoms with Crippen molar-refractivity contribution in [2.75, 3.05) is 11.5 Å². The van der Waals surface area contributed by atoms with Crippen molar-refractivity contribution in [3.63, 3.8) is 0 Å². The molecule has 35 heavy (non-hydrogen) atoms. The first kappa shape index (κ1) is 24.9. The highest BCUT2D eigenvalue weighted by Gasteiger charge is 2.32. The van der Waals surface area contributed by atoms with Gasteiger partial charge >= 0.3 is 0 Å². The predicted octanol–water partition coefficient (Wildman–Crippen LogP) is 9.42. The van der Waals surface area contributed by atoms with Crippen LogP contribution in [0.5, 0.6) is 5.75 Å². The predicted molar refractivity (Wildman–Crippen MR) is 150 cm³/mol. The van der Waals surface area contributed by atoms with Crippen molar-refractivity contribution < 1.29 is 4.74 Å². The molecule has 0 saturated heterocycles. The molecule has 0 heterocycles. The van der Waals surface area contributed by atoms with E-state index in [-0.39, 0.29) is 0 Å². The number of allylic oxidation sites excluding steroid dienone is 4. The summed E-state index contributed by atoms with van der Waals surface area (Å²) in [5, 5.41) is 0. The van der Waals surface area contributed by atoms with E-state index in [0.717, 1.165) is 29.4 Å². The van der Waals surface area contributed by atoms with Crippen molar-refractivity contribution in [1.29, 1.82) is 0 Å². The van der Waals surface area contributed by atoms with Crippen LogP contribution in [0.2, 0.25) is 0 Å². The zero-order valence-corrected chi connectivity index (χ0v) is 21.9. The quantitative estimate of drug-likeness (QED) is 0.307. The molecule has 0 amide bonds. The lowest BCUT2D eigenvalue weighted by molar-refractivity contribution is 0.230. The average Bonchev–Trinajstić information content (AvgIpc) is 3.19. The molecular formula is C33H39NO. The summed E-state index contributed by atoms with van der Waals surface area (Å²) in [6.07, 6.45) is 7.33. The van der Waals surface area contributed by atoms with E-state index in [0.29, 0.717) is 17.8 Å². The van der Waals surface area contributed by atoms with Gasteiger partial charge in [-0.05, 0) is 119 Å². The Bertz CT molecular complexity index is 1150. The largest absolute Gasteiger partial charge is 0.493 e. The minimum atomic E-state index is 0.554. The average molecular weight is 466 g/mol. The van der Waals surface area contributed by atoms with E-state index in [9.17, 15) is 0 Å². The summed E-state index contributed by atoms with van der Waals surface area (Å²) < 4.78 is 6.35. The van der Waals surface area contributed by atoms with Crippen molar-refractivity contribution in [2.24, 2.45) is 17.8 Å². The van der Waals surface area contributed by atoms with Crippen LogP contribution in [0.3, 0.4) is 0 Å². The monoisotopic (exact) mass is 465 g/mol. The Hall–Kier alpha value is -3.26. The molecule has 182 valence electrons. The Morgan fingerprint density at radius 2 is 1.43 bits per heavy atom. The van der Waals surface area contributed by atoms with Crippen LogP contribution in [0.4, 0.5) is 17.1 Å². The molecule has 1 saturated carbocycles. The van der Waals surface area contributed by atoms with Crippen molar-refractivity contribution in [2.45, 2.75) is 47.5 Å². The van der Waals surface area contributed by atoms with Crippen molar-refractivity contribution in [3.05, 3.63) is 108 Å². The van der Waals surface area contributed by atoms with E-state index < -0.39 is 0 Å². The maximum atomic E-state index is 6.35. The summed E-state index contributed by atoms with van der Waals surface area (Å²) >= 11 is 0. The molecule has 3 aromatic rings. The molecule has 0 bridgehead atoms. The van der Waals surface area contributed by atoms with Gasteiger partial charge in [0.25, 0.3) is 0 Å². The summed E-state index contributed by atoms with van der Waals surface area (Å²) in [5.74, 6) is 2.74. The zero-order chi connectivity index (χ0) is 24.8. The van der Waals surface area contributed by atoms with Gasteiger partial charge in [0.1, 0.15) is 5.75 Å². The second-order valence-corrected chi connectivity index (χ2v) is 10.5. The topological polar surface area (TPSA) is 12.5 Å². The van der Waals surface area contributed by atoms with Gasteiger partial charge in [0.15, 0.2) is 0 Å². The second kappa shape index (κ2) is 11.4. The fourth-order valence-corrected chi connectivity index (χ4v) is 5.32. The van der Waals surface area contributed by atoms with Crippen LogP contribution in [-0.4, -0.2) is 6.61 Å². The van der Waals surface area contributed by atoms with Gasteiger partial charge < -0.3 is 9.64 Å². The van der Waals surface area contributed by atoms with E-state index >= 15 is 0 Å². The van der Waals surface area contributed by atoms with Crippen LogP contribution in [0.25, 0.3) is 0 Å². The van der Waals surface area contributed by atoms with Gasteiger partial charge in [0.2, 0.25) is 0 Å². The number of anilines is 3. The van der Waals surface area contributed by atoms with Gasteiger partial charge in [-0.15, -0.1) is 0 Å². The molecular weight excluding hydrogens is 426 g/mol. The molecule has 3 unspecified atom stereocenters. The highest BCUT2D eigenvalue weighted by Crippen LogP contribution is 2.40. The number of rotatable bonds is 8. The first-order chi connectivity index (χ1) is 16.9. The van der Waals surface area contributed by atoms with E-state index in [1.54, 1.807) is 0 Å². The lowest BCUT2D eigenvalue weighted by Gasteiger charge is -2.26. The lowest BCUT2D eigenvalue weighted by atomic mass is 9.95. The minimum Gasteiger partial charge on any atom is -0.493 e. The minimum absolute atomic E-state index is 0.554. The summed E-state index contributed by atoms with van der Waals surface area (Å²) in [7, 11) is 0. The molecule has 1 fully saturated rings. The van der Waals surface area contributed by atoms with Gasteiger partial charge in [-0.1, -0.05) is 53.6 Å². The first-order valence-electron chi connectivity index (χ1n) is 12.8. The van der Waals surface area contributed by atoms with Gasteiger partial charge in [-0.2, -0.15) is 0 Å². The third kappa shape index (κ3) is 6.66. The Morgan fingerprint density at radius 1 is 0.771 bits per heavy atom. The number of hydrogen-bond donors (Lipinski definition) is 0. The SMILES string of the molecule is CC(C)=CC1CC(C=C(C)C)C(COc2ccc(N(c3ccccc3)c3cccc(C)c3)cc2)C1. The third-order valence-electron chi connectivity index (χ3n) is 6.74. The number of para-hydroxylation sites is 1. The number of benzene rings is 3. The van der Waals surface area contributed by atoms with Crippen LogP contribution >= 0.6 is 0 Å². The van der Waals surface area contributed by atoms with Crippen LogP contribution in [0.15, 0.2) is 102 Å². The highest BCUT2D eigenvalue weighted by molar-refractivity contribution is 5.76. The molecule has 4 rings (SSSR count).